The van der Waals surface area contributed by atoms with Crippen LogP contribution < -0.4 is 20.1 Å². The molecule has 0 unspecified atom stereocenters. The fourth-order valence-electron chi connectivity index (χ4n) is 3.40. The smallest absolute Gasteiger partial charge is 0.253 e. The summed E-state index contributed by atoms with van der Waals surface area (Å²) in [4.78, 5) is 14.7. The molecule has 1 aliphatic rings. The molecule has 0 aliphatic carbocycles. The molecule has 0 radical (unpaired) electrons. The molecule has 2 aromatic carbocycles. The summed E-state index contributed by atoms with van der Waals surface area (Å²) in [6, 6.07) is 10.3. The summed E-state index contributed by atoms with van der Waals surface area (Å²) < 4.78 is 34.6. The second-order valence-electron chi connectivity index (χ2n) is 7.25. The number of aryl methyl sites for hydroxylation is 2. The van der Waals surface area contributed by atoms with Gasteiger partial charge in [-0.15, -0.1) is 0 Å². The molecule has 1 saturated heterocycles. The third-order valence-corrected chi connectivity index (χ3v) is 5.66. The Kier molecular flexibility index (Phi) is 6.96. The van der Waals surface area contributed by atoms with E-state index in [2.05, 4.69) is 11.4 Å². The summed E-state index contributed by atoms with van der Waals surface area (Å²) in [6.07, 6.45) is 0. The van der Waals surface area contributed by atoms with Crippen molar-refractivity contribution in [1.29, 1.82) is 0 Å². The van der Waals surface area contributed by atoms with Crippen molar-refractivity contribution < 1.29 is 22.7 Å². The first-order chi connectivity index (χ1) is 14.2. The third-order valence-electron chi connectivity index (χ3n) is 4.74. The van der Waals surface area contributed by atoms with Gasteiger partial charge in [0.2, 0.25) is 10.0 Å². The number of hydrogen-bond acceptors (Lipinski definition) is 6. The van der Waals surface area contributed by atoms with Gasteiger partial charge in [-0.1, -0.05) is 6.07 Å². The minimum atomic E-state index is -3.92. The average molecular weight is 434 g/mol. The van der Waals surface area contributed by atoms with E-state index >= 15 is 0 Å². The largest absolute Gasteiger partial charge is 0.492 e. The maximum absolute atomic E-state index is 12.8. The fraction of sp³-hybridized carbons (Fsp3) is 0.381. The highest BCUT2D eigenvalue weighted by molar-refractivity contribution is 7.89. The van der Waals surface area contributed by atoms with Crippen LogP contribution in [0.4, 0.5) is 5.69 Å². The van der Waals surface area contributed by atoms with Gasteiger partial charge < -0.3 is 19.7 Å². The lowest BCUT2D eigenvalue weighted by atomic mass is 10.1. The molecule has 3 N–H and O–H groups in total. The zero-order valence-corrected chi connectivity index (χ0v) is 18.0. The first-order valence-corrected chi connectivity index (χ1v) is 11.3. The van der Waals surface area contributed by atoms with Gasteiger partial charge in [0.25, 0.3) is 5.91 Å². The van der Waals surface area contributed by atoms with Gasteiger partial charge >= 0.3 is 0 Å². The molecular formula is C21H27N3O5S. The highest BCUT2D eigenvalue weighted by atomic mass is 32.2. The molecule has 0 bridgehead atoms. The zero-order valence-electron chi connectivity index (χ0n) is 17.2. The monoisotopic (exact) mass is 433 g/mol. The predicted molar refractivity (Wildman–Crippen MR) is 115 cm³/mol. The van der Waals surface area contributed by atoms with Crippen molar-refractivity contribution in [2.24, 2.45) is 5.14 Å². The van der Waals surface area contributed by atoms with Gasteiger partial charge in [-0.3, -0.25) is 4.79 Å². The molecule has 0 atom stereocenters. The number of primary sulfonamides is 1. The van der Waals surface area contributed by atoms with Crippen molar-refractivity contribution >= 4 is 21.6 Å². The van der Waals surface area contributed by atoms with Gasteiger partial charge in [-0.05, 0) is 55.3 Å². The Balaban J connectivity index is 1.71. The lowest BCUT2D eigenvalue weighted by Gasteiger charge is -2.30. The van der Waals surface area contributed by atoms with Gasteiger partial charge in [-0.25, -0.2) is 13.6 Å². The van der Waals surface area contributed by atoms with E-state index in [1.807, 2.05) is 30.9 Å². The third kappa shape index (κ3) is 5.71. The van der Waals surface area contributed by atoms with Crippen molar-refractivity contribution in [1.82, 2.24) is 5.32 Å². The van der Waals surface area contributed by atoms with E-state index in [9.17, 15) is 13.2 Å². The number of benzene rings is 2. The van der Waals surface area contributed by atoms with E-state index in [1.54, 1.807) is 6.07 Å². The van der Waals surface area contributed by atoms with Crippen molar-refractivity contribution in [3.63, 3.8) is 0 Å². The molecular weight excluding hydrogens is 406 g/mol. The van der Waals surface area contributed by atoms with Gasteiger partial charge in [0, 0.05) is 18.8 Å². The van der Waals surface area contributed by atoms with E-state index in [4.69, 9.17) is 14.6 Å². The highest BCUT2D eigenvalue weighted by Crippen LogP contribution is 2.25. The lowest BCUT2D eigenvalue weighted by molar-refractivity contribution is 0.0945. The number of nitrogens with one attached hydrogen (secondary N) is 1. The fourth-order valence-corrected chi connectivity index (χ4v) is 3.94. The molecule has 0 spiro atoms. The van der Waals surface area contributed by atoms with Crippen molar-refractivity contribution in [3.05, 3.63) is 53.1 Å². The molecule has 30 heavy (non-hydrogen) atoms. The number of sulfonamides is 1. The van der Waals surface area contributed by atoms with E-state index in [0.717, 1.165) is 16.9 Å². The van der Waals surface area contributed by atoms with E-state index in [0.29, 0.717) is 32.0 Å². The molecule has 1 amide bonds. The quantitative estimate of drug-likeness (QED) is 0.642. The van der Waals surface area contributed by atoms with Crippen LogP contribution in [0.25, 0.3) is 0 Å². The van der Waals surface area contributed by atoms with E-state index in [1.165, 1.54) is 12.1 Å². The number of hydrogen-bond donors (Lipinski definition) is 2. The first-order valence-electron chi connectivity index (χ1n) is 9.73. The number of rotatable bonds is 7. The lowest BCUT2D eigenvalue weighted by Crippen LogP contribution is -2.38. The number of nitrogens with two attached hydrogens (primary N) is 1. The van der Waals surface area contributed by atoms with Crippen LogP contribution in [-0.2, 0) is 14.8 Å². The molecule has 1 heterocycles. The Labute approximate surface area is 177 Å². The predicted octanol–water partition coefficient (Wildman–Crippen LogP) is 1.60. The van der Waals surface area contributed by atoms with Crippen LogP contribution in [-0.4, -0.2) is 53.8 Å². The van der Waals surface area contributed by atoms with Crippen LogP contribution in [0.5, 0.6) is 5.75 Å². The van der Waals surface area contributed by atoms with Crippen molar-refractivity contribution in [3.8, 4) is 5.75 Å². The second kappa shape index (κ2) is 9.46. The number of carbonyl (C=O) groups is 1. The highest BCUT2D eigenvalue weighted by Gasteiger charge is 2.21. The van der Waals surface area contributed by atoms with E-state index < -0.39 is 10.0 Å². The van der Waals surface area contributed by atoms with E-state index in [-0.39, 0.29) is 29.5 Å². The van der Waals surface area contributed by atoms with Crippen LogP contribution in [0, 0.1) is 13.8 Å². The number of anilines is 1. The number of ether oxygens (including phenoxy) is 2. The molecule has 1 aliphatic heterocycles. The van der Waals surface area contributed by atoms with Gasteiger partial charge in [0.1, 0.15) is 12.4 Å². The molecule has 3 rings (SSSR count). The van der Waals surface area contributed by atoms with Gasteiger partial charge in [0.05, 0.1) is 30.2 Å². The molecule has 0 saturated carbocycles. The van der Waals surface area contributed by atoms with Gasteiger partial charge in [0.15, 0.2) is 0 Å². The molecule has 0 aromatic heterocycles. The Hall–Kier alpha value is -2.62. The topological polar surface area (TPSA) is 111 Å². The Morgan fingerprint density at radius 3 is 2.43 bits per heavy atom. The Morgan fingerprint density at radius 2 is 1.80 bits per heavy atom. The molecule has 9 heteroatoms. The average Bonchev–Trinajstić information content (AvgIpc) is 2.70. The van der Waals surface area contributed by atoms with Crippen LogP contribution in [0.1, 0.15) is 21.5 Å². The minimum absolute atomic E-state index is 0.101. The second-order valence-corrected chi connectivity index (χ2v) is 8.81. The SMILES string of the molecule is Cc1cc(C)cc(OCCNC(=O)c2cc(S(N)(=O)=O)ccc2N2CCOCC2)c1. The summed E-state index contributed by atoms with van der Waals surface area (Å²) in [5.41, 5.74) is 3.11. The summed E-state index contributed by atoms with van der Waals surface area (Å²) >= 11 is 0. The summed E-state index contributed by atoms with van der Waals surface area (Å²) in [7, 11) is -3.92. The molecule has 2 aromatic rings. The summed E-state index contributed by atoms with van der Waals surface area (Å²) in [6.45, 7) is 6.87. The molecule has 1 fully saturated rings. The van der Waals surface area contributed by atoms with Crippen LogP contribution in [0.2, 0.25) is 0 Å². The van der Waals surface area contributed by atoms with Crippen LogP contribution in [0.3, 0.4) is 0 Å². The summed E-state index contributed by atoms with van der Waals surface area (Å²) in [5, 5.41) is 8.05. The number of nitrogens with zero attached hydrogens (tertiary/aromatic N) is 1. The van der Waals surface area contributed by atoms with Gasteiger partial charge in [-0.2, -0.15) is 0 Å². The minimum Gasteiger partial charge on any atom is -0.492 e. The Bertz CT molecular complexity index is 997. The van der Waals surface area contributed by atoms with Crippen molar-refractivity contribution in [2.45, 2.75) is 18.7 Å². The maximum Gasteiger partial charge on any atom is 0.253 e. The maximum atomic E-state index is 12.8. The number of morpholine rings is 1. The summed E-state index contributed by atoms with van der Waals surface area (Å²) in [5.74, 6) is 0.359. The van der Waals surface area contributed by atoms with Crippen molar-refractivity contribution in [2.75, 3.05) is 44.4 Å². The first kappa shape index (κ1) is 22.1. The zero-order chi connectivity index (χ0) is 21.7. The van der Waals surface area contributed by atoms with Crippen LogP contribution in [0.15, 0.2) is 41.3 Å². The normalized spacial score (nSPS) is 14.4. The number of amides is 1. The van der Waals surface area contributed by atoms with Crippen LogP contribution >= 0.6 is 0 Å². The Morgan fingerprint density at radius 1 is 1.13 bits per heavy atom. The molecule has 162 valence electrons. The number of carbonyl (C=O) groups excluding carboxylic acids is 1. The standard InChI is InChI=1S/C21H27N3O5S/c1-15-11-16(2)13-17(12-15)29-8-5-23-21(25)19-14-18(30(22,26)27)3-4-20(19)24-6-9-28-10-7-24/h3-4,11-14H,5-10H2,1-2H3,(H,23,25)(H2,22,26,27). The molecule has 8 nitrogen and oxygen atoms in total.